The van der Waals surface area contributed by atoms with Crippen molar-refractivity contribution in [3.05, 3.63) is 387 Å². The van der Waals surface area contributed by atoms with Gasteiger partial charge in [-0.3, -0.25) is 24.0 Å². The van der Waals surface area contributed by atoms with Crippen molar-refractivity contribution in [3.8, 4) is 87.5 Å². The average Bonchev–Trinajstić information content (AvgIpc) is 1.56. The summed E-state index contributed by atoms with van der Waals surface area (Å²) in [7, 11) is 1.59. The van der Waals surface area contributed by atoms with Crippen molar-refractivity contribution in [2.45, 2.75) is 138 Å². The molecule has 0 saturated heterocycles. The van der Waals surface area contributed by atoms with E-state index in [0.717, 1.165) is 28.0 Å². The minimum absolute atomic E-state index is 0.00649. The van der Waals surface area contributed by atoms with Crippen LogP contribution in [0.3, 0.4) is 0 Å². The van der Waals surface area contributed by atoms with Gasteiger partial charge >= 0.3 is 29.8 Å². The number of ether oxygens (including phenoxy) is 11. The molecule has 13 unspecified atom stereocenters. The van der Waals surface area contributed by atoms with Gasteiger partial charge < -0.3 is 52.1 Å². The first-order valence-electron chi connectivity index (χ1n) is 47.0. The van der Waals surface area contributed by atoms with Crippen LogP contribution in [0.1, 0.15) is 158 Å². The number of para-hydroxylation sites is 5. The van der Waals surface area contributed by atoms with E-state index in [1.54, 1.807) is 117 Å². The molecule has 144 heavy (non-hydrogen) atoms. The highest BCUT2D eigenvalue weighted by Gasteiger charge is 2.65. The third-order valence-electron chi connectivity index (χ3n) is 25.1. The molecule has 742 valence electrons. The molecule has 0 amide bonds. The molecule has 0 bridgehead atoms. The van der Waals surface area contributed by atoms with E-state index in [9.17, 15) is 45.0 Å². The average molecular weight is 2080 g/mol. The number of carbonyl (C=O) groups excluding carboxylic acids is 5. The lowest BCUT2D eigenvalue weighted by Crippen LogP contribution is -2.26. The predicted octanol–water partition coefficient (Wildman–Crippen LogP) is 30.9. The van der Waals surface area contributed by atoms with E-state index in [4.69, 9.17) is 98.5 Å². The Labute approximate surface area is 872 Å². The van der Waals surface area contributed by atoms with Gasteiger partial charge in [-0.2, -0.15) is 21.0 Å². The predicted molar refractivity (Wildman–Crippen MR) is 561 cm³/mol. The molecular formula is C119H115BrCl4N4O16. The molecule has 12 aromatic carbocycles. The Morgan fingerprint density at radius 2 is 0.729 bits per heavy atom. The zero-order valence-electron chi connectivity index (χ0n) is 82.5. The van der Waals surface area contributed by atoms with Gasteiger partial charge in [0.2, 0.25) is 24.4 Å². The lowest BCUT2D eigenvalue weighted by Gasteiger charge is -2.22. The van der Waals surface area contributed by atoms with Gasteiger partial charge in [-0.25, -0.2) is 0 Å². The number of nitriles is 4. The second-order valence-electron chi connectivity index (χ2n) is 37.4. The Morgan fingerprint density at radius 1 is 0.382 bits per heavy atom. The Bertz CT molecular complexity index is 6580. The number of esters is 5. The summed E-state index contributed by atoms with van der Waals surface area (Å²) in [4.78, 5) is 64.0. The van der Waals surface area contributed by atoms with Crippen LogP contribution in [0.15, 0.2) is 337 Å². The van der Waals surface area contributed by atoms with E-state index in [2.05, 4.69) is 54.1 Å². The molecule has 3 aliphatic rings. The van der Waals surface area contributed by atoms with Crippen molar-refractivity contribution >= 4 is 92.2 Å². The van der Waals surface area contributed by atoms with Crippen LogP contribution in [0.2, 0.25) is 5.02 Å². The molecule has 0 spiro atoms. The molecule has 0 aliphatic heterocycles. The fourth-order valence-electron chi connectivity index (χ4n) is 17.0. The van der Waals surface area contributed by atoms with E-state index in [-0.39, 0.29) is 97.4 Å². The number of carbonyl (C=O) groups is 5. The lowest BCUT2D eigenvalue weighted by atomic mass is 9.88. The summed E-state index contributed by atoms with van der Waals surface area (Å²) in [5.41, 5.74) is 5.38. The minimum Gasteiger partial charge on any atom is -0.497 e. The largest absolute Gasteiger partial charge is 0.497 e. The van der Waals surface area contributed by atoms with Gasteiger partial charge in [0.05, 0.1) is 36.7 Å². The molecule has 12 aromatic rings. The van der Waals surface area contributed by atoms with Crippen LogP contribution in [0, 0.1) is 122 Å². The summed E-state index contributed by atoms with van der Waals surface area (Å²) in [6.45, 7) is 25.9. The maximum absolute atomic E-state index is 13.0. The third kappa shape index (κ3) is 31.4. The van der Waals surface area contributed by atoms with Gasteiger partial charge in [0.15, 0.2) is 0 Å². The van der Waals surface area contributed by atoms with Crippen LogP contribution in [-0.4, -0.2) is 41.8 Å². The molecule has 3 fully saturated rings. The van der Waals surface area contributed by atoms with E-state index in [1.165, 1.54) is 0 Å². The van der Waals surface area contributed by atoms with Crippen molar-refractivity contribution < 1.29 is 76.1 Å². The van der Waals surface area contributed by atoms with Crippen LogP contribution >= 0.6 is 62.3 Å². The highest BCUT2D eigenvalue weighted by molar-refractivity contribution is 9.09. The first-order chi connectivity index (χ1) is 68.9. The Kier molecular flexibility index (Phi) is 40.0. The number of halogens is 5. The van der Waals surface area contributed by atoms with Gasteiger partial charge in [0.25, 0.3) is 0 Å². The van der Waals surface area contributed by atoms with Gasteiger partial charge in [-0.15, -0.1) is 0 Å². The summed E-state index contributed by atoms with van der Waals surface area (Å²) in [5, 5.41) is 39.8. The molecule has 0 aromatic heterocycles. The van der Waals surface area contributed by atoms with E-state index < -0.39 is 48.2 Å². The zero-order valence-corrected chi connectivity index (χ0v) is 87.1. The number of hydrogen-bond acceptors (Lipinski definition) is 20. The number of alkyl halides is 1. The van der Waals surface area contributed by atoms with Gasteiger partial charge in [0.1, 0.15) is 98.6 Å². The van der Waals surface area contributed by atoms with E-state index >= 15 is 0 Å². The molecule has 0 radical (unpaired) electrons. The van der Waals surface area contributed by atoms with Crippen LogP contribution < -0.4 is 28.4 Å². The second-order valence-corrected chi connectivity index (χ2v) is 40.9. The Balaban J connectivity index is 0.000000172. The summed E-state index contributed by atoms with van der Waals surface area (Å²) in [5.74, 6) is 4.03. The van der Waals surface area contributed by atoms with Crippen molar-refractivity contribution in [1.82, 2.24) is 0 Å². The summed E-state index contributed by atoms with van der Waals surface area (Å²) >= 11 is 27.4. The molecule has 3 saturated carbocycles. The molecule has 15 rings (SSSR count). The van der Waals surface area contributed by atoms with Crippen LogP contribution in [0.4, 0.5) is 0 Å². The van der Waals surface area contributed by atoms with Crippen LogP contribution in [0.25, 0.3) is 0 Å². The maximum Gasteiger partial charge on any atom is 0.315 e. The normalized spacial score (nSPS) is 17.4. The zero-order chi connectivity index (χ0) is 104. The Morgan fingerprint density at radius 3 is 1.07 bits per heavy atom. The van der Waals surface area contributed by atoms with Gasteiger partial charge in [-0.05, 0) is 234 Å². The van der Waals surface area contributed by atoms with Crippen LogP contribution in [0.5, 0.6) is 63.2 Å². The van der Waals surface area contributed by atoms with Crippen molar-refractivity contribution in [1.29, 1.82) is 21.0 Å². The van der Waals surface area contributed by atoms with Gasteiger partial charge in [0, 0.05) is 37.1 Å². The summed E-state index contributed by atoms with van der Waals surface area (Å²) in [6.07, 6.45) is 0.0182. The molecule has 0 heterocycles. The second kappa shape index (κ2) is 52.2. The quantitative estimate of drug-likeness (QED) is 0.0206. The molecule has 25 heteroatoms. The number of allylic oxidation sites excluding steroid dienone is 3. The maximum atomic E-state index is 13.0. The van der Waals surface area contributed by atoms with Crippen molar-refractivity contribution in [2.24, 2.45) is 69.5 Å². The monoisotopic (exact) mass is 2070 g/mol. The summed E-state index contributed by atoms with van der Waals surface area (Å²) in [6, 6.07) is 104. The SMILES string of the molecule is C/C(Cl)=C/C1C(C(=O)OC(C#N)c2cccc(Oc3ccccc3)c2)C1(C)C.CC(Br)C1C(C(=O)OC(C#N)c2cccc(Oc3ccccc3)c2)C1(C)C.CC1(C)C(C=C(Cl)Cl)C1C(=O)OCc1cccc(Oc2ccccc2)c1.COc1ccc(C(C(=O)OC(C#N)c2cccc(Oc3ccccc3)c2)C(C)C)cc1.Cc1ccc(CC(C(=O)OC(C#N)c2cccc(Oc3ccccc3)c2)C(C)C)c(Cl)c1. The molecule has 13 atom stereocenters. The highest BCUT2D eigenvalue weighted by atomic mass is 79.9. The number of aryl methyl sites for hydroxylation is 1. The number of nitrogens with zero attached hydrogens (tertiary/aromatic N) is 4. The van der Waals surface area contributed by atoms with Crippen molar-refractivity contribution in [3.63, 3.8) is 0 Å². The molecule has 0 N–H and O–H groups in total. The van der Waals surface area contributed by atoms with Gasteiger partial charge in [-0.1, -0.05) is 320 Å². The fraction of sp³-hybridized carbons (Fsp3) is 0.286. The number of rotatable bonds is 34. The first kappa shape index (κ1) is 110. The van der Waals surface area contributed by atoms with E-state index in [0.29, 0.717) is 96.2 Å². The standard InChI is InChI=1S/C27H26ClNO3.C26H25NO4.C23H22ClNO3.C22H22BrNO3.C21H20Cl2O3/c1-18(2)24(16-20-13-12-19(3)14-25(20)28)27(30)32-26(17-29)21-8-7-11-23(15-21)31-22-9-5-4-6-10-22;1-18(2)25(19-12-14-21(29-3)15-13-19)26(28)31-24(17-27)20-8-7-11-23(16-20)30-22-9-5-4-6-10-22;1-15(24)12-19-21(23(19,2)3)22(26)28-20(14-25)16-8-7-11-18(13-16)27-17-9-5-4-6-10-17;1-14(23)19-20(22(19,2)3)21(25)27-18(13-24)15-8-7-11-17(12-15)26-16-9-5-4-6-10-16;1-21(2)17(12-18(22)23)19(21)20(24)25-13-14-7-6-10-16(11-14)26-15-8-4-3-5-9-15/h4-15,18,24,26H,16H2,1-3H3;4-16,18,24-25H,1-3H3;4-13,19-21H,1-3H3;4-12,14,18-20H,1-3H3;3-12,17,19H,13H2,1-2H3/b;;15-12-;;. The first-order valence-corrected chi connectivity index (χ1v) is 49.5. The third-order valence-corrected chi connectivity index (χ3v) is 26.4. The molecular weight excluding hydrogens is 1960 g/mol. The van der Waals surface area contributed by atoms with Crippen molar-refractivity contribution in [2.75, 3.05) is 7.11 Å². The highest BCUT2D eigenvalue weighted by Crippen LogP contribution is 2.63. The number of benzene rings is 12. The number of hydrogen-bond donors (Lipinski definition) is 0. The van der Waals surface area contributed by atoms with Crippen LogP contribution in [-0.2, 0) is 60.7 Å². The minimum atomic E-state index is -1.04. The molecule has 20 nitrogen and oxygen atoms in total. The smallest absolute Gasteiger partial charge is 0.315 e. The Hall–Kier alpha value is -14.1. The number of methoxy groups -OCH3 is 1. The van der Waals surface area contributed by atoms with E-state index in [1.807, 2.05) is 294 Å². The summed E-state index contributed by atoms with van der Waals surface area (Å²) < 4.78 is 62.3. The lowest BCUT2D eigenvalue weighted by molar-refractivity contribution is -0.154. The topological polar surface area (TPSA) is 282 Å². The fourth-order valence-corrected chi connectivity index (χ4v) is 18.7. The molecule has 3 aliphatic carbocycles.